The Morgan fingerprint density at radius 2 is 1.56 bits per heavy atom. The Kier molecular flexibility index (Phi) is 4.71. The summed E-state index contributed by atoms with van der Waals surface area (Å²) in [4.78, 5) is -0.695. The minimum Gasteiger partial charge on any atom is -0.207 e. The van der Waals surface area contributed by atoms with Crippen LogP contribution in [0.2, 0.25) is 0 Å². The van der Waals surface area contributed by atoms with Gasteiger partial charge in [0.05, 0.1) is 10.5 Å². The molecule has 2 aromatic rings. The largest absolute Gasteiger partial charge is 0.417 e. The summed E-state index contributed by atoms with van der Waals surface area (Å²) in [5.74, 6) is 0. The molecule has 132 valence electrons. The highest BCUT2D eigenvalue weighted by Crippen LogP contribution is 2.36. The lowest BCUT2D eigenvalue weighted by molar-refractivity contribution is -0.139. The number of sulfonamides is 1. The predicted molar refractivity (Wildman–Crippen MR) is 89.2 cm³/mol. The van der Waals surface area contributed by atoms with Gasteiger partial charge >= 0.3 is 6.18 Å². The highest BCUT2D eigenvalue weighted by atomic mass is 32.2. The average Bonchev–Trinajstić information content (AvgIpc) is 2.62. The fourth-order valence-electron chi connectivity index (χ4n) is 2.85. The highest BCUT2D eigenvalue weighted by molar-refractivity contribution is 7.89. The molecule has 0 saturated heterocycles. The maximum atomic E-state index is 13.1. The van der Waals surface area contributed by atoms with Gasteiger partial charge in [0.1, 0.15) is 0 Å². The Morgan fingerprint density at radius 1 is 0.920 bits per heavy atom. The molecule has 0 N–H and O–H groups in total. The molecule has 0 radical (unpaired) electrons. The number of alkyl halides is 3. The number of hydrogen-bond acceptors (Lipinski definition) is 2. The molecular weight excluding hydrogens is 351 g/mol. The second-order valence-electron chi connectivity index (χ2n) is 5.70. The van der Waals surface area contributed by atoms with Crippen LogP contribution in [0.4, 0.5) is 13.2 Å². The van der Waals surface area contributed by atoms with E-state index < -0.39 is 26.7 Å². The van der Waals surface area contributed by atoms with Gasteiger partial charge in [-0.3, -0.25) is 0 Å². The summed E-state index contributed by atoms with van der Waals surface area (Å²) in [6.45, 7) is 0.202. The van der Waals surface area contributed by atoms with Crippen LogP contribution in [0, 0.1) is 0 Å². The minimum absolute atomic E-state index is 0.0543. The molecule has 0 aromatic heterocycles. The molecule has 1 aliphatic rings. The van der Waals surface area contributed by atoms with Gasteiger partial charge in [0.2, 0.25) is 10.0 Å². The first-order chi connectivity index (χ1) is 11.8. The molecule has 1 aliphatic heterocycles. The normalized spacial score (nSPS) is 16.5. The molecule has 0 aliphatic carbocycles. The second-order valence-corrected chi connectivity index (χ2v) is 7.61. The lowest BCUT2D eigenvalue weighted by Crippen LogP contribution is -2.35. The summed E-state index contributed by atoms with van der Waals surface area (Å²) in [5.41, 5.74) is 0.860. The fraction of sp³-hybridized carbons (Fsp3) is 0.222. The quantitative estimate of drug-likeness (QED) is 0.816. The van der Waals surface area contributed by atoms with Crippen LogP contribution >= 0.6 is 0 Å². The number of benzene rings is 2. The van der Waals surface area contributed by atoms with E-state index >= 15 is 0 Å². The van der Waals surface area contributed by atoms with Crippen molar-refractivity contribution in [1.29, 1.82) is 0 Å². The van der Waals surface area contributed by atoms with E-state index in [9.17, 15) is 21.6 Å². The van der Waals surface area contributed by atoms with Crippen molar-refractivity contribution in [2.45, 2.75) is 17.5 Å². The van der Waals surface area contributed by atoms with Crippen LogP contribution in [0.25, 0.3) is 5.57 Å². The Morgan fingerprint density at radius 3 is 2.16 bits per heavy atom. The van der Waals surface area contributed by atoms with E-state index in [4.69, 9.17) is 0 Å². The third-order valence-electron chi connectivity index (χ3n) is 4.13. The molecular formula is C18H16F3NO2S. The van der Waals surface area contributed by atoms with Gasteiger partial charge in [-0.25, -0.2) is 8.42 Å². The van der Waals surface area contributed by atoms with Gasteiger partial charge in [0.15, 0.2) is 0 Å². The Labute approximate surface area is 144 Å². The summed E-state index contributed by atoms with van der Waals surface area (Å²) < 4.78 is 65.9. The SMILES string of the molecule is O=S(=O)(c1ccccc1C(F)(F)F)N1CC=C(c2ccccc2)CC1. The van der Waals surface area contributed by atoms with Crippen molar-refractivity contribution in [1.82, 2.24) is 4.31 Å². The number of hydrogen-bond donors (Lipinski definition) is 0. The van der Waals surface area contributed by atoms with Crippen LogP contribution in [0.15, 0.2) is 65.6 Å². The third-order valence-corrected chi connectivity index (χ3v) is 6.05. The van der Waals surface area contributed by atoms with Gasteiger partial charge in [0, 0.05) is 13.1 Å². The molecule has 3 nitrogen and oxygen atoms in total. The standard InChI is InChI=1S/C18H16F3NO2S/c19-18(20,21)16-8-4-5-9-17(16)25(23,24)22-12-10-15(11-13-22)14-6-2-1-3-7-14/h1-10H,11-13H2. The van der Waals surface area contributed by atoms with Crippen molar-refractivity contribution in [2.24, 2.45) is 0 Å². The van der Waals surface area contributed by atoms with E-state index in [-0.39, 0.29) is 13.1 Å². The van der Waals surface area contributed by atoms with Gasteiger partial charge in [-0.1, -0.05) is 48.5 Å². The first-order valence-corrected chi connectivity index (χ1v) is 9.15. The van der Waals surface area contributed by atoms with Gasteiger partial charge in [-0.2, -0.15) is 17.5 Å². The van der Waals surface area contributed by atoms with E-state index in [1.165, 1.54) is 12.1 Å². The molecule has 0 atom stereocenters. The monoisotopic (exact) mass is 367 g/mol. The zero-order valence-electron chi connectivity index (χ0n) is 13.2. The van der Waals surface area contributed by atoms with E-state index in [0.717, 1.165) is 27.6 Å². The highest BCUT2D eigenvalue weighted by Gasteiger charge is 2.39. The van der Waals surface area contributed by atoms with Gasteiger partial charge < -0.3 is 0 Å². The van der Waals surface area contributed by atoms with Crippen molar-refractivity contribution < 1.29 is 21.6 Å². The second kappa shape index (κ2) is 6.65. The van der Waals surface area contributed by atoms with Crippen molar-refractivity contribution in [3.05, 3.63) is 71.8 Å². The van der Waals surface area contributed by atoms with Crippen molar-refractivity contribution in [2.75, 3.05) is 13.1 Å². The summed E-state index contributed by atoms with van der Waals surface area (Å²) in [7, 11) is -4.21. The molecule has 0 amide bonds. The van der Waals surface area contributed by atoms with Gasteiger partial charge in [-0.15, -0.1) is 0 Å². The van der Waals surface area contributed by atoms with Crippen LogP contribution in [-0.2, 0) is 16.2 Å². The van der Waals surface area contributed by atoms with Gasteiger partial charge in [0.25, 0.3) is 0 Å². The molecule has 1 heterocycles. The molecule has 0 spiro atoms. The van der Waals surface area contributed by atoms with Gasteiger partial charge in [-0.05, 0) is 29.7 Å². The summed E-state index contributed by atoms with van der Waals surface area (Å²) >= 11 is 0. The molecule has 0 bridgehead atoms. The number of halogens is 3. The third kappa shape index (κ3) is 3.62. The Balaban J connectivity index is 1.90. The fourth-order valence-corrected chi connectivity index (χ4v) is 4.44. The van der Waals surface area contributed by atoms with Crippen LogP contribution in [0.5, 0.6) is 0 Å². The van der Waals surface area contributed by atoms with E-state index in [2.05, 4.69) is 0 Å². The lowest BCUT2D eigenvalue weighted by atomic mass is 10.0. The molecule has 3 rings (SSSR count). The summed E-state index contributed by atoms with van der Waals surface area (Å²) in [5, 5.41) is 0. The molecule has 7 heteroatoms. The molecule has 0 saturated carbocycles. The molecule has 0 fully saturated rings. The molecule has 2 aromatic carbocycles. The number of rotatable bonds is 3. The maximum Gasteiger partial charge on any atom is 0.417 e. The first-order valence-electron chi connectivity index (χ1n) is 7.71. The van der Waals surface area contributed by atoms with E-state index in [0.29, 0.717) is 6.42 Å². The molecule has 0 unspecified atom stereocenters. The van der Waals surface area contributed by atoms with Crippen molar-refractivity contribution in [3.8, 4) is 0 Å². The van der Waals surface area contributed by atoms with Crippen LogP contribution < -0.4 is 0 Å². The number of nitrogens with zero attached hydrogens (tertiary/aromatic N) is 1. The predicted octanol–water partition coefficient (Wildman–Crippen LogP) is 4.18. The Hall–Kier alpha value is -2.12. The van der Waals surface area contributed by atoms with Crippen LogP contribution in [0.3, 0.4) is 0 Å². The Bertz CT molecular complexity index is 890. The van der Waals surface area contributed by atoms with Crippen molar-refractivity contribution in [3.63, 3.8) is 0 Å². The van der Waals surface area contributed by atoms with Crippen LogP contribution in [0.1, 0.15) is 17.5 Å². The zero-order valence-corrected chi connectivity index (χ0v) is 14.0. The first kappa shape index (κ1) is 17.7. The smallest absolute Gasteiger partial charge is 0.207 e. The zero-order chi connectivity index (χ0) is 18.1. The van der Waals surface area contributed by atoms with E-state index in [1.807, 2.05) is 30.3 Å². The lowest BCUT2D eigenvalue weighted by Gasteiger charge is -2.27. The topological polar surface area (TPSA) is 37.4 Å². The summed E-state index contributed by atoms with van der Waals surface area (Å²) in [6, 6.07) is 13.8. The minimum atomic E-state index is -4.72. The summed E-state index contributed by atoms with van der Waals surface area (Å²) in [6.07, 6.45) is -2.51. The van der Waals surface area contributed by atoms with Crippen molar-refractivity contribution >= 4 is 15.6 Å². The molecule has 25 heavy (non-hydrogen) atoms. The van der Waals surface area contributed by atoms with Crippen LogP contribution in [-0.4, -0.2) is 25.8 Å². The average molecular weight is 367 g/mol. The van der Waals surface area contributed by atoms with E-state index in [1.54, 1.807) is 6.08 Å². The maximum absolute atomic E-state index is 13.1.